The zero-order valence-electron chi connectivity index (χ0n) is 14.4. The number of fused-ring (bicyclic) bond motifs is 1. The van der Waals surface area contributed by atoms with Gasteiger partial charge in [-0.15, -0.1) is 0 Å². The Bertz CT molecular complexity index is 1170. The molecule has 0 bridgehead atoms. The van der Waals surface area contributed by atoms with Crippen LogP contribution < -0.4 is 5.43 Å². The number of para-hydroxylation sites is 1. The van der Waals surface area contributed by atoms with Crippen molar-refractivity contribution in [2.75, 3.05) is 0 Å². The highest BCUT2D eigenvalue weighted by atomic mass is 16.4. The van der Waals surface area contributed by atoms with Gasteiger partial charge in [0.15, 0.2) is 5.43 Å². The van der Waals surface area contributed by atoms with Gasteiger partial charge < -0.3 is 9.52 Å². The average molecular weight is 356 g/mol. The highest BCUT2D eigenvalue weighted by Gasteiger charge is 2.12. The molecular formula is C23H16O4. The Hall–Kier alpha value is -3.66. The van der Waals surface area contributed by atoms with Crippen LogP contribution in [0.15, 0.2) is 88.1 Å². The van der Waals surface area contributed by atoms with Crippen molar-refractivity contribution in [1.82, 2.24) is 0 Å². The molecule has 0 atom stereocenters. The molecule has 4 nitrogen and oxygen atoms in total. The fourth-order valence-electron chi connectivity index (χ4n) is 3.14. The van der Waals surface area contributed by atoms with Crippen LogP contribution in [0.4, 0.5) is 0 Å². The Morgan fingerprint density at radius 3 is 2.19 bits per heavy atom. The summed E-state index contributed by atoms with van der Waals surface area (Å²) in [7, 11) is 0. The monoisotopic (exact) mass is 356 g/mol. The van der Waals surface area contributed by atoms with Gasteiger partial charge in [0.25, 0.3) is 0 Å². The SMILES string of the molecule is O=C(O)Cc1cccc2c(=O)cc(-c3ccc(-c4ccccc4)cc3)oc12. The predicted octanol–water partition coefficient (Wildman–Crippen LogP) is 4.75. The van der Waals surface area contributed by atoms with E-state index in [9.17, 15) is 9.59 Å². The number of hydrogen-bond donors (Lipinski definition) is 1. The Balaban J connectivity index is 1.80. The number of benzene rings is 3. The molecule has 0 saturated heterocycles. The molecular weight excluding hydrogens is 340 g/mol. The number of hydrogen-bond acceptors (Lipinski definition) is 3. The second-order valence-corrected chi connectivity index (χ2v) is 6.28. The number of aliphatic carboxylic acids is 1. The molecule has 1 N–H and O–H groups in total. The summed E-state index contributed by atoms with van der Waals surface area (Å²) >= 11 is 0. The predicted molar refractivity (Wildman–Crippen MR) is 105 cm³/mol. The molecule has 27 heavy (non-hydrogen) atoms. The Kier molecular flexibility index (Phi) is 4.30. The first-order valence-corrected chi connectivity index (χ1v) is 8.55. The molecule has 0 aliphatic rings. The normalized spacial score (nSPS) is 10.8. The molecule has 1 heterocycles. The second-order valence-electron chi connectivity index (χ2n) is 6.28. The molecule has 132 valence electrons. The fraction of sp³-hybridized carbons (Fsp3) is 0.0435. The van der Waals surface area contributed by atoms with Gasteiger partial charge in [-0.25, -0.2) is 0 Å². The summed E-state index contributed by atoms with van der Waals surface area (Å²) in [5.74, 6) is -0.548. The van der Waals surface area contributed by atoms with Crippen molar-refractivity contribution in [3.05, 3.63) is 94.6 Å². The van der Waals surface area contributed by atoms with Crippen molar-refractivity contribution >= 4 is 16.9 Å². The Labute approximate surface area is 155 Å². The molecule has 0 spiro atoms. The van der Waals surface area contributed by atoms with Gasteiger partial charge in [-0.05, 0) is 17.2 Å². The lowest BCUT2D eigenvalue weighted by Crippen LogP contribution is -2.05. The summed E-state index contributed by atoms with van der Waals surface area (Å²) in [6, 6.07) is 24.2. The van der Waals surface area contributed by atoms with Crippen molar-refractivity contribution in [2.45, 2.75) is 6.42 Å². The molecule has 1 aromatic heterocycles. The van der Waals surface area contributed by atoms with E-state index in [0.29, 0.717) is 22.3 Å². The smallest absolute Gasteiger partial charge is 0.307 e. The summed E-state index contributed by atoms with van der Waals surface area (Å²) in [4.78, 5) is 23.6. The topological polar surface area (TPSA) is 67.5 Å². The van der Waals surface area contributed by atoms with Crippen LogP contribution in [0.25, 0.3) is 33.4 Å². The quantitative estimate of drug-likeness (QED) is 0.573. The van der Waals surface area contributed by atoms with E-state index in [4.69, 9.17) is 9.52 Å². The Morgan fingerprint density at radius 2 is 1.48 bits per heavy atom. The first kappa shape index (κ1) is 16.8. The van der Waals surface area contributed by atoms with E-state index >= 15 is 0 Å². The third-order valence-corrected chi connectivity index (χ3v) is 4.45. The van der Waals surface area contributed by atoms with Crippen molar-refractivity contribution < 1.29 is 14.3 Å². The van der Waals surface area contributed by atoms with Gasteiger partial charge in [-0.2, -0.15) is 0 Å². The number of carboxylic acids is 1. The van der Waals surface area contributed by atoms with Crippen molar-refractivity contribution in [3.63, 3.8) is 0 Å². The summed E-state index contributed by atoms with van der Waals surface area (Å²) in [6.07, 6.45) is -0.198. The zero-order valence-corrected chi connectivity index (χ0v) is 14.4. The molecule has 0 amide bonds. The van der Waals surface area contributed by atoms with Crippen molar-refractivity contribution in [3.8, 4) is 22.5 Å². The minimum atomic E-state index is -0.970. The summed E-state index contributed by atoms with van der Waals surface area (Å²) in [5, 5.41) is 9.49. The number of carbonyl (C=O) groups is 1. The van der Waals surface area contributed by atoms with Crippen LogP contribution in [-0.2, 0) is 11.2 Å². The van der Waals surface area contributed by atoms with Crippen LogP contribution >= 0.6 is 0 Å². The van der Waals surface area contributed by atoms with Crippen LogP contribution in [0.1, 0.15) is 5.56 Å². The van der Waals surface area contributed by atoms with Gasteiger partial charge in [0.05, 0.1) is 11.8 Å². The standard InChI is InChI=1S/C23H16O4/c24-20-14-21(27-23-18(13-22(25)26)7-4-8-19(20)23)17-11-9-16(10-12-17)15-5-2-1-3-6-15/h1-12,14H,13H2,(H,25,26). The molecule has 0 fully saturated rings. The average Bonchev–Trinajstić information content (AvgIpc) is 2.69. The maximum Gasteiger partial charge on any atom is 0.307 e. The van der Waals surface area contributed by atoms with Gasteiger partial charge in [0.1, 0.15) is 11.3 Å². The van der Waals surface area contributed by atoms with Crippen LogP contribution in [0.3, 0.4) is 0 Å². The largest absolute Gasteiger partial charge is 0.481 e. The van der Waals surface area contributed by atoms with Crippen LogP contribution in [-0.4, -0.2) is 11.1 Å². The zero-order chi connectivity index (χ0) is 18.8. The third kappa shape index (κ3) is 3.37. The first-order valence-electron chi connectivity index (χ1n) is 8.55. The second kappa shape index (κ2) is 6.92. The minimum Gasteiger partial charge on any atom is -0.481 e. The van der Waals surface area contributed by atoms with E-state index in [1.165, 1.54) is 6.07 Å². The third-order valence-electron chi connectivity index (χ3n) is 4.45. The maximum absolute atomic E-state index is 12.5. The van der Waals surface area contributed by atoms with Gasteiger partial charge in [0.2, 0.25) is 0 Å². The molecule has 0 aliphatic heterocycles. The van der Waals surface area contributed by atoms with Crippen LogP contribution in [0.5, 0.6) is 0 Å². The minimum absolute atomic E-state index is 0.189. The molecule has 0 saturated carbocycles. The molecule has 4 heteroatoms. The highest BCUT2D eigenvalue weighted by molar-refractivity contribution is 5.85. The van der Waals surface area contributed by atoms with Crippen LogP contribution in [0.2, 0.25) is 0 Å². The lowest BCUT2D eigenvalue weighted by Gasteiger charge is -2.08. The number of rotatable bonds is 4. The summed E-state index contributed by atoms with van der Waals surface area (Å²) < 4.78 is 5.94. The van der Waals surface area contributed by atoms with Crippen molar-refractivity contribution in [2.24, 2.45) is 0 Å². The van der Waals surface area contributed by atoms with Gasteiger partial charge in [0, 0.05) is 17.2 Å². The van der Waals surface area contributed by atoms with E-state index in [-0.39, 0.29) is 11.8 Å². The van der Waals surface area contributed by atoms with E-state index in [1.54, 1.807) is 18.2 Å². The summed E-state index contributed by atoms with van der Waals surface area (Å²) in [5.41, 5.74) is 3.56. The van der Waals surface area contributed by atoms with E-state index in [1.807, 2.05) is 54.6 Å². The number of carboxylic acid groups (broad SMARTS) is 1. The van der Waals surface area contributed by atoms with Gasteiger partial charge in [-0.3, -0.25) is 9.59 Å². The van der Waals surface area contributed by atoms with Gasteiger partial charge >= 0.3 is 5.97 Å². The van der Waals surface area contributed by atoms with E-state index in [2.05, 4.69) is 0 Å². The van der Waals surface area contributed by atoms with Crippen molar-refractivity contribution in [1.29, 1.82) is 0 Å². The molecule has 4 rings (SSSR count). The first-order chi connectivity index (χ1) is 13.1. The molecule has 4 aromatic rings. The lowest BCUT2D eigenvalue weighted by molar-refractivity contribution is -0.136. The molecule has 0 aliphatic carbocycles. The lowest BCUT2D eigenvalue weighted by atomic mass is 10.0. The maximum atomic E-state index is 12.5. The fourth-order valence-corrected chi connectivity index (χ4v) is 3.14. The molecule has 0 radical (unpaired) electrons. The summed E-state index contributed by atoms with van der Waals surface area (Å²) in [6.45, 7) is 0. The van der Waals surface area contributed by atoms with E-state index in [0.717, 1.165) is 16.7 Å². The van der Waals surface area contributed by atoms with Gasteiger partial charge in [-0.1, -0.05) is 66.7 Å². The molecule has 3 aromatic carbocycles. The Morgan fingerprint density at radius 1 is 0.815 bits per heavy atom. The van der Waals surface area contributed by atoms with E-state index < -0.39 is 5.97 Å². The van der Waals surface area contributed by atoms with Crippen LogP contribution in [0, 0.1) is 0 Å². The molecule has 0 unspecified atom stereocenters. The highest BCUT2D eigenvalue weighted by Crippen LogP contribution is 2.27.